The summed E-state index contributed by atoms with van der Waals surface area (Å²) in [7, 11) is 0. The number of hydrogen-bond donors (Lipinski definition) is 1. The summed E-state index contributed by atoms with van der Waals surface area (Å²) in [5.41, 5.74) is 4.81. The van der Waals surface area contributed by atoms with Crippen LogP contribution in [0.15, 0.2) is 35.6 Å². The molecule has 1 fully saturated rings. The van der Waals surface area contributed by atoms with E-state index in [-0.39, 0.29) is 11.6 Å². The Hall–Kier alpha value is -3.13. The molecule has 8 nitrogen and oxygen atoms in total. The average Bonchev–Trinajstić information content (AvgIpc) is 3.09. The van der Waals surface area contributed by atoms with Gasteiger partial charge in [0.15, 0.2) is 5.65 Å². The zero-order valence-electron chi connectivity index (χ0n) is 15.9. The van der Waals surface area contributed by atoms with Crippen molar-refractivity contribution in [3.05, 3.63) is 52.5 Å². The molecule has 0 amide bonds. The van der Waals surface area contributed by atoms with E-state index in [1.807, 2.05) is 32.2 Å². The molecule has 1 N–H and O–H groups in total. The van der Waals surface area contributed by atoms with Gasteiger partial charge in [-0.3, -0.25) is 14.3 Å². The number of fused-ring (bicyclic) bond motifs is 2. The molecule has 0 spiro atoms. The molecule has 0 saturated carbocycles. The first-order valence-electron chi connectivity index (χ1n) is 9.52. The maximum Gasteiger partial charge on any atom is 0.263 e. The number of aromatic nitrogens is 6. The van der Waals surface area contributed by atoms with E-state index in [9.17, 15) is 4.79 Å². The summed E-state index contributed by atoms with van der Waals surface area (Å²) in [6.07, 6.45) is 7.06. The lowest BCUT2D eigenvalue weighted by Crippen LogP contribution is -2.34. The molecule has 8 heteroatoms. The molecule has 0 bridgehead atoms. The fourth-order valence-corrected chi connectivity index (χ4v) is 3.89. The highest BCUT2D eigenvalue weighted by atomic mass is 16.1. The highest BCUT2D eigenvalue weighted by Crippen LogP contribution is 2.22. The maximum absolute atomic E-state index is 12.9. The minimum Gasteiger partial charge on any atom is -0.317 e. The smallest absolute Gasteiger partial charge is 0.263 e. The summed E-state index contributed by atoms with van der Waals surface area (Å²) in [5, 5.41) is 8.49. The van der Waals surface area contributed by atoms with E-state index in [1.54, 1.807) is 21.6 Å². The molecule has 0 atom stereocenters. The average molecular weight is 375 g/mol. The lowest BCUT2D eigenvalue weighted by Gasteiger charge is -2.24. The van der Waals surface area contributed by atoms with E-state index in [4.69, 9.17) is 0 Å². The van der Waals surface area contributed by atoms with Crippen molar-refractivity contribution in [1.82, 2.24) is 34.4 Å². The molecule has 0 unspecified atom stereocenters. The molecule has 142 valence electrons. The number of hydrogen-bond acceptors (Lipinski definition) is 6. The van der Waals surface area contributed by atoms with Gasteiger partial charge in [-0.05, 0) is 57.5 Å². The van der Waals surface area contributed by atoms with E-state index in [1.165, 1.54) is 0 Å². The lowest BCUT2D eigenvalue weighted by atomic mass is 10.1. The van der Waals surface area contributed by atoms with Gasteiger partial charge < -0.3 is 5.32 Å². The first kappa shape index (κ1) is 17.0. The largest absolute Gasteiger partial charge is 0.317 e. The van der Waals surface area contributed by atoms with E-state index in [0.717, 1.165) is 48.5 Å². The fourth-order valence-electron chi connectivity index (χ4n) is 3.89. The molecule has 0 aliphatic carbocycles. The van der Waals surface area contributed by atoms with Gasteiger partial charge in [0.25, 0.3) is 5.56 Å². The SMILES string of the molecule is Cc1cn2nc(-c3cc4ncn(C5CCNCC5)c(=O)c4cn3)cc(C)c2n1. The second-order valence-electron chi connectivity index (χ2n) is 7.39. The van der Waals surface area contributed by atoms with Gasteiger partial charge in [-0.1, -0.05) is 0 Å². The Morgan fingerprint density at radius 3 is 2.75 bits per heavy atom. The van der Waals surface area contributed by atoms with Crippen LogP contribution < -0.4 is 10.9 Å². The molecule has 0 aromatic carbocycles. The van der Waals surface area contributed by atoms with Gasteiger partial charge in [0, 0.05) is 12.2 Å². The quantitative estimate of drug-likeness (QED) is 0.577. The van der Waals surface area contributed by atoms with E-state index >= 15 is 0 Å². The normalized spacial score (nSPS) is 15.5. The molecule has 0 radical (unpaired) electrons. The fraction of sp³-hybridized carbons (Fsp3) is 0.350. The number of aryl methyl sites for hydroxylation is 2. The van der Waals surface area contributed by atoms with Crippen LogP contribution in [-0.4, -0.2) is 42.2 Å². The van der Waals surface area contributed by atoms with Gasteiger partial charge in [-0.2, -0.15) is 5.10 Å². The molecule has 5 rings (SSSR count). The van der Waals surface area contributed by atoms with Crippen molar-refractivity contribution in [1.29, 1.82) is 0 Å². The number of nitrogens with zero attached hydrogens (tertiary/aromatic N) is 6. The predicted molar refractivity (Wildman–Crippen MR) is 106 cm³/mol. The highest BCUT2D eigenvalue weighted by Gasteiger charge is 2.18. The number of pyridine rings is 1. The first-order valence-corrected chi connectivity index (χ1v) is 9.52. The van der Waals surface area contributed by atoms with E-state index in [2.05, 4.69) is 25.4 Å². The van der Waals surface area contributed by atoms with Crippen LogP contribution in [0, 0.1) is 13.8 Å². The summed E-state index contributed by atoms with van der Waals surface area (Å²) in [4.78, 5) is 26.5. The number of piperidine rings is 1. The van der Waals surface area contributed by atoms with Crippen molar-refractivity contribution in [2.24, 2.45) is 0 Å². The van der Waals surface area contributed by atoms with Gasteiger partial charge in [0.1, 0.15) is 5.69 Å². The molecule has 1 aliphatic heterocycles. The second-order valence-corrected chi connectivity index (χ2v) is 7.39. The molecule has 4 aromatic rings. The molecule has 1 saturated heterocycles. The van der Waals surface area contributed by atoms with Crippen molar-refractivity contribution in [3.63, 3.8) is 0 Å². The topological polar surface area (TPSA) is 90.0 Å². The van der Waals surface area contributed by atoms with Crippen LogP contribution in [0.2, 0.25) is 0 Å². The molecular formula is C20H21N7O. The van der Waals surface area contributed by atoms with Crippen molar-refractivity contribution in [3.8, 4) is 11.4 Å². The van der Waals surface area contributed by atoms with Crippen molar-refractivity contribution in [2.45, 2.75) is 32.7 Å². The third kappa shape index (κ3) is 2.77. The van der Waals surface area contributed by atoms with Crippen LogP contribution in [0.4, 0.5) is 0 Å². The van der Waals surface area contributed by atoms with Crippen molar-refractivity contribution < 1.29 is 0 Å². The Labute approximate surface area is 161 Å². The van der Waals surface area contributed by atoms with Crippen LogP contribution in [0.5, 0.6) is 0 Å². The van der Waals surface area contributed by atoms with Crippen LogP contribution in [0.25, 0.3) is 27.9 Å². The molecule has 5 heterocycles. The zero-order chi connectivity index (χ0) is 19.3. The van der Waals surface area contributed by atoms with E-state index in [0.29, 0.717) is 16.6 Å². The zero-order valence-corrected chi connectivity index (χ0v) is 15.9. The first-order chi connectivity index (χ1) is 13.6. The summed E-state index contributed by atoms with van der Waals surface area (Å²) in [6, 6.07) is 3.99. The predicted octanol–water partition coefficient (Wildman–Crippen LogP) is 2.04. The second kappa shape index (κ2) is 6.49. The standard InChI is InChI=1S/C20H21N7O/c1-12-7-18(25-27-10-13(2)24-19(12)27)17-8-16-15(9-22-17)20(28)26(11-23-16)14-3-5-21-6-4-14/h7-11,14,21H,3-6H2,1-2H3. The Bertz CT molecular complexity index is 1250. The molecule has 4 aromatic heterocycles. The number of rotatable bonds is 2. The third-order valence-corrected chi connectivity index (χ3v) is 5.36. The Morgan fingerprint density at radius 1 is 1.11 bits per heavy atom. The monoisotopic (exact) mass is 375 g/mol. The Morgan fingerprint density at radius 2 is 1.93 bits per heavy atom. The summed E-state index contributed by atoms with van der Waals surface area (Å²) < 4.78 is 3.53. The number of nitrogens with one attached hydrogen (secondary N) is 1. The minimum absolute atomic E-state index is 0.0271. The van der Waals surface area contributed by atoms with Gasteiger partial charge in [-0.25, -0.2) is 14.5 Å². The van der Waals surface area contributed by atoms with Crippen LogP contribution in [-0.2, 0) is 0 Å². The molecule has 28 heavy (non-hydrogen) atoms. The van der Waals surface area contributed by atoms with Crippen LogP contribution >= 0.6 is 0 Å². The van der Waals surface area contributed by atoms with Crippen molar-refractivity contribution in [2.75, 3.05) is 13.1 Å². The highest BCUT2D eigenvalue weighted by molar-refractivity contribution is 5.80. The summed E-state index contributed by atoms with van der Waals surface area (Å²) in [5.74, 6) is 0. The van der Waals surface area contributed by atoms with Crippen LogP contribution in [0.3, 0.4) is 0 Å². The number of imidazole rings is 1. The molecule has 1 aliphatic rings. The van der Waals surface area contributed by atoms with Gasteiger partial charge >= 0.3 is 0 Å². The summed E-state index contributed by atoms with van der Waals surface area (Å²) in [6.45, 7) is 5.80. The van der Waals surface area contributed by atoms with Gasteiger partial charge in [-0.15, -0.1) is 0 Å². The molecular weight excluding hydrogens is 354 g/mol. The minimum atomic E-state index is -0.0271. The Kier molecular flexibility index (Phi) is 3.94. The van der Waals surface area contributed by atoms with Crippen molar-refractivity contribution >= 4 is 16.6 Å². The third-order valence-electron chi connectivity index (χ3n) is 5.36. The summed E-state index contributed by atoms with van der Waals surface area (Å²) >= 11 is 0. The van der Waals surface area contributed by atoms with Crippen LogP contribution in [0.1, 0.15) is 30.1 Å². The van der Waals surface area contributed by atoms with E-state index < -0.39 is 0 Å². The Balaban J connectivity index is 1.59. The lowest BCUT2D eigenvalue weighted by molar-refractivity contribution is 0.359. The maximum atomic E-state index is 12.9. The van der Waals surface area contributed by atoms with Gasteiger partial charge in [0.2, 0.25) is 0 Å². The van der Waals surface area contributed by atoms with Gasteiger partial charge in [0.05, 0.1) is 34.8 Å².